The van der Waals surface area contributed by atoms with Crippen LogP contribution in [0.3, 0.4) is 0 Å². The monoisotopic (exact) mass is 1200 g/mol. The van der Waals surface area contributed by atoms with Crippen molar-refractivity contribution in [1.82, 2.24) is 10.6 Å². The van der Waals surface area contributed by atoms with Crippen molar-refractivity contribution in [2.24, 2.45) is 0 Å². The minimum Gasteiger partial charge on any atom is -0.399 e. The highest BCUT2D eigenvalue weighted by atomic mass is 79.9. The average Bonchev–Trinajstić information content (AvgIpc) is 3.38. The van der Waals surface area contributed by atoms with Gasteiger partial charge in [-0.05, 0) is 202 Å². The van der Waals surface area contributed by atoms with Gasteiger partial charge in [0.25, 0.3) is 11.8 Å². The summed E-state index contributed by atoms with van der Waals surface area (Å²) >= 11 is 10.7. The van der Waals surface area contributed by atoms with E-state index in [9.17, 15) is 28.8 Å². The molecule has 0 aliphatic carbocycles. The number of hydrogen-bond donors (Lipinski definition) is 4. The Balaban J connectivity index is 0.000000486. The molecule has 2 unspecified atom stereocenters. The van der Waals surface area contributed by atoms with E-state index in [4.69, 9.17) is 36.3 Å². The molecule has 4 aromatic rings. The summed E-state index contributed by atoms with van der Waals surface area (Å²) in [7, 11) is 0. The maximum Gasteiger partial charge on any atom is 0.251 e. The van der Waals surface area contributed by atoms with Crippen molar-refractivity contribution in [3.8, 4) is 47.4 Å². The number of Topliss-reactive ketones (excluding diaryl/α,β-unsaturated/α-hetero) is 2. The molecule has 5 N–H and O–H groups in total. The number of nitrogen functional groups attached to an aromatic ring is 1. The number of nitrogens with two attached hydrogens (primary N) is 1. The molecule has 0 bridgehead atoms. The highest BCUT2D eigenvalue weighted by molar-refractivity contribution is 9.09. The van der Waals surface area contributed by atoms with Crippen LogP contribution >= 0.6 is 43.5 Å². The van der Waals surface area contributed by atoms with Gasteiger partial charge in [-0.2, -0.15) is 0 Å². The average molecular weight is 1200 g/mol. The van der Waals surface area contributed by atoms with Crippen LogP contribution in [0.4, 0.5) is 11.4 Å². The number of rotatable bonds is 19. The third-order valence-electron chi connectivity index (χ3n) is 9.73. The van der Waals surface area contributed by atoms with Gasteiger partial charge in [-0.1, -0.05) is 55.5 Å². The Bertz CT molecular complexity index is 2840. The summed E-state index contributed by atoms with van der Waals surface area (Å²) in [5.41, 5.74) is 9.89. The van der Waals surface area contributed by atoms with Crippen molar-refractivity contribution in [2.45, 2.75) is 105 Å². The number of carbonyl (C=O) groups is 6. The fraction of sp³-hybridized carbons (Fsp3) is 0.367. The molecule has 408 valence electrons. The van der Waals surface area contributed by atoms with Gasteiger partial charge in [-0.3, -0.25) is 28.8 Å². The molecule has 14 nitrogen and oxygen atoms in total. The van der Waals surface area contributed by atoms with Crippen molar-refractivity contribution in [2.75, 3.05) is 48.1 Å². The van der Waals surface area contributed by atoms with E-state index in [1.165, 1.54) is 0 Å². The van der Waals surface area contributed by atoms with E-state index in [1.807, 2.05) is 60.6 Å². The number of nitrogens with one attached hydrogen (secondary N) is 3. The predicted octanol–water partition coefficient (Wildman–Crippen LogP) is 9.06. The molecule has 0 aliphatic rings. The van der Waals surface area contributed by atoms with Gasteiger partial charge in [-0.15, -0.1) is 0 Å². The summed E-state index contributed by atoms with van der Waals surface area (Å²) in [6.07, 6.45) is -1.07. The second-order valence-corrected chi connectivity index (χ2v) is 20.0. The van der Waals surface area contributed by atoms with Crippen molar-refractivity contribution < 1.29 is 47.7 Å². The molecule has 4 aromatic carbocycles. The molecule has 0 radical (unpaired) electrons. The first-order chi connectivity index (χ1) is 36.4. The molecule has 0 aliphatic heterocycles. The number of anilines is 2. The van der Waals surface area contributed by atoms with E-state index in [-0.39, 0.29) is 58.4 Å². The molecule has 4 rings (SSSR count). The van der Waals surface area contributed by atoms with Gasteiger partial charge in [0.05, 0.1) is 34.1 Å². The molecule has 0 fully saturated rings. The van der Waals surface area contributed by atoms with Gasteiger partial charge in [-0.25, -0.2) is 0 Å². The lowest BCUT2D eigenvalue weighted by Crippen LogP contribution is -2.51. The zero-order valence-corrected chi connectivity index (χ0v) is 49.0. The summed E-state index contributed by atoms with van der Waals surface area (Å²) in [5.74, 6) is 21.6. The first-order valence-electron chi connectivity index (χ1n) is 24.4. The van der Waals surface area contributed by atoms with Crippen LogP contribution in [-0.4, -0.2) is 107 Å². The van der Waals surface area contributed by atoms with Crippen LogP contribution in [0, 0.1) is 47.4 Å². The van der Waals surface area contributed by atoms with Gasteiger partial charge in [0.15, 0.2) is 11.6 Å². The Morgan fingerprint density at radius 3 is 1.14 bits per heavy atom. The maximum atomic E-state index is 12.9. The molecular formula is C60H67Br2ClN4O10. The summed E-state index contributed by atoms with van der Waals surface area (Å²) in [6, 6.07) is 26.2. The number of carbonyl (C=O) groups excluding carboxylic acids is 6. The van der Waals surface area contributed by atoms with E-state index >= 15 is 0 Å². The van der Waals surface area contributed by atoms with Crippen LogP contribution in [0.25, 0.3) is 0 Å². The summed E-state index contributed by atoms with van der Waals surface area (Å²) < 4.78 is 22.4. The van der Waals surface area contributed by atoms with Crippen LogP contribution in [0.1, 0.15) is 112 Å². The van der Waals surface area contributed by atoms with Gasteiger partial charge in [0.2, 0.25) is 11.1 Å². The summed E-state index contributed by atoms with van der Waals surface area (Å²) in [6.45, 7) is 19.1. The molecule has 3 amide bonds. The lowest BCUT2D eigenvalue weighted by molar-refractivity contribution is -0.133. The highest BCUT2D eigenvalue weighted by Gasteiger charge is 2.32. The Morgan fingerprint density at radius 1 is 0.545 bits per heavy atom. The third kappa shape index (κ3) is 28.4. The topological polar surface area (TPSA) is 201 Å². The Kier molecular flexibility index (Phi) is 30.2. The number of ketones is 2. The van der Waals surface area contributed by atoms with Crippen molar-refractivity contribution in [3.05, 3.63) is 130 Å². The first-order valence-corrected chi connectivity index (χ1v) is 27.0. The molecule has 0 heterocycles. The largest absolute Gasteiger partial charge is 0.399 e. The van der Waals surface area contributed by atoms with Gasteiger partial charge in [0.1, 0.15) is 25.3 Å². The minimum atomic E-state index is -0.849. The lowest BCUT2D eigenvalue weighted by Gasteiger charge is -2.30. The van der Waals surface area contributed by atoms with Crippen molar-refractivity contribution >= 4 is 89.4 Å². The molecule has 17 heteroatoms. The van der Waals surface area contributed by atoms with Crippen LogP contribution in [-0.2, 0) is 38.1 Å². The predicted molar refractivity (Wildman–Crippen MR) is 311 cm³/mol. The fourth-order valence-corrected chi connectivity index (χ4v) is 6.57. The Labute approximate surface area is 475 Å². The minimum absolute atomic E-state index is 0.0920. The quantitative estimate of drug-likeness (QED) is 0.0302. The zero-order chi connectivity index (χ0) is 57.6. The second kappa shape index (κ2) is 35.0. The van der Waals surface area contributed by atoms with Gasteiger partial charge in [0, 0.05) is 58.0 Å². The highest BCUT2D eigenvalue weighted by Crippen LogP contribution is 2.17. The number of benzene rings is 4. The standard InChI is InChI=1S/C30H33BrN2O5.C28H32N2O4.C2H2BrClO/c1-6-37-20-26(34)28(21(2)38-30(3,4)5)33-29(36)24-15-11-22(12-16-24)9-7-8-10-23-13-17-25(18-14-23)32-27(35)19-31;1-6-33-19-25(31)26(20(2)34-28(3,4)5)30-27(32)23-15-11-21(12-16-23)9-7-8-10-22-13-17-24(29)18-14-22;3-1-2(4)5/h11-18,21,28H,6,19-20H2,1-5H3,(H,32,35)(H,33,36);11-18,20,26H,6,19,29H2,1-5H3,(H,30,32);1H2/t21-,28?;20-,26?;/m11./s1. The van der Waals surface area contributed by atoms with Crippen LogP contribution in [0.2, 0.25) is 0 Å². The number of ether oxygens (including phenoxy) is 4. The normalized spacial score (nSPS) is 12.0. The van der Waals surface area contributed by atoms with Gasteiger partial charge >= 0.3 is 0 Å². The number of alkyl halides is 2. The number of hydrogen-bond acceptors (Lipinski definition) is 11. The molecule has 4 atom stereocenters. The molecule has 0 aromatic heterocycles. The summed E-state index contributed by atoms with van der Waals surface area (Å²) in [5, 5.41) is 8.45. The zero-order valence-electron chi connectivity index (χ0n) is 45.1. The Morgan fingerprint density at radius 2 is 0.857 bits per heavy atom. The maximum absolute atomic E-state index is 12.9. The molecule has 0 saturated carbocycles. The SMILES string of the molecule is CCOCC(=O)C(NC(=O)c1ccc(C#CC#Cc2ccc(N)cc2)cc1)[C@@H](C)OC(C)(C)C.CCOCC(=O)C(NC(=O)c1ccc(C#CC#Cc2ccc(NC(=O)CBr)cc2)cc1)[C@@H](C)OC(C)(C)C.O=C(Cl)CBr. The van der Waals surface area contributed by atoms with E-state index in [1.54, 1.807) is 106 Å². The van der Waals surface area contributed by atoms with E-state index in [0.717, 1.165) is 16.7 Å². The van der Waals surface area contributed by atoms with E-state index < -0.39 is 35.5 Å². The van der Waals surface area contributed by atoms with E-state index in [0.29, 0.717) is 41.3 Å². The second-order valence-electron chi connectivity index (χ2n) is 18.5. The smallest absolute Gasteiger partial charge is 0.251 e. The van der Waals surface area contributed by atoms with Crippen molar-refractivity contribution in [1.29, 1.82) is 0 Å². The molecule has 77 heavy (non-hydrogen) atoms. The molecular weight excluding hydrogens is 1130 g/mol. The Hall–Kier alpha value is -6.57. The lowest BCUT2D eigenvalue weighted by atomic mass is 10.0. The van der Waals surface area contributed by atoms with Crippen LogP contribution < -0.4 is 21.7 Å². The van der Waals surface area contributed by atoms with Crippen LogP contribution in [0.5, 0.6) is 0 Å². The summed E-state index contributed by atoms with van der Waals surface area (Å²) in [4.78, 5) is 72.0. The molecule has 0 spiro atoms. The number of halogens is 3. The van der Waals surface area contributed by atoms with Gasteiger partial charge < -0.3 is 40.6 Å². The van der Waals surface area contributed by atoms with E-state index in [2.05, 4.69) is 95.2 Å². The molecule has 0 saturated heterocycles. The fourth-order valence-electron chi connectivity index (χ4n) is 6.43. The first kappa shape index (κ1) is 66.5. The van der Waals surface area contributed by atoms with Crippen LogP contribution in [0.15, 0.2) is 97.1 Å². The number of amides is 3. The van der Waals surface area contributed by atoms with Crippen molar-refractivity contribution in [3.63, 3.8) is 0 Å². The third-order valence-corrected chi connectivity index (χ3v) is 11.2.